The number of benzene rings is 2. The zero-order valence-electron chi connectivity index (χ0n) is 16.5. The maximum atomic E-state index is 14.5. The monoisotopic (exact) mass is 451 g/mol. The van der Waals surface area contributed by atoms with E-state index in [-0.39, 0.29) is 31.0 Å². The van der Waals surface area contributed by atoms with Crippen molar-refractivity contribution in [2.45, 2.75) is 38.3 Å². The van der Waals surface area contributed by atoms with Crippen molar-refractivity contribution >= 4 is 17.1 Å². The number of aliphatic hydroxyl groups excluding tert-OH is 1. The molecule has 0 unspecified atom stereocenters. The van der Waals surface area contributed by atoms with Crippen molar-refractivity contribution in [3.63, 3.8) is 0 Å². The minimum atomic E-state index is -4.19. The molecule has 0 heterocycles. The molecule has 0 aliphatic carbocycles. The number of halogens is 6. The largest absolute Gasteiger partial charge is 0.394 e. The van der Waals surface area contributed by atoms with Gasteiger partial charge in [-0.3, -0.25) is 4.84 Å². The number of nitrogens with one attached hydrogen (secondary N) is 1. The fraction of sp³-hybridized carbons (Fsp3) is 0.400. The summed E-state index contributed by atoms with van der Waals surface area (Å²) in [7, 11) is 0. The standard InChI is InChI=1S/C20H23F6N3O2/c21-14-6-8-17(29(27)31-11-10-30)19(18(14)23)28-16-7-5-13(12-15(16)22)4-2-1-3-9-20(24,25)26/h5-8,12,28,30H,1-4,9-11,27H2. The van der Waals surface area contributed by atoms with Crippen LogP contribution in [-0.2, 0) is 11.3 Å². The van der Waals surface area contributed by atoms with E-state index >= 15 is 0 Å². The minimum Gasteiger partial charge on any atom is -0.394 e. The predicted molar refractivity (Wildman–Crippen MR) is 104 cm³/mol. The fourth-order valence-corrected chi connectivity index (χ4v) is 2.83. The van der Waals surface area contributed by atoms with Crippen LogP contribution in [0.4, 0.5) is 43.4 Å². The van der Waals surface area contributed by atoms with E-state index in [1.54, 1.807) is 0 Å². The second-order valence-electron chi connectivity index (χ2n) is 6.75. The minimum absolute atomic E-state index is 0.00118. The lowest BCUT2D eigenvalue weighted by Gasteiger charge is -2.22. The smallest absolute Gasteiger partial charge is 0.389 e. The van der Waals surface area contributed by atoms with E-state index in [0.29, 0.717) is 30.0 Å². The van der Waals surface area contributed by atoms with Crippen LogP contribution in [0.1, 0.15) is 31.2 Å². The first-order valence-electron chi connectivity index (χ1n) is 9.51. The molecule has 11 heteroatoms. The number of rotatable bonds is 11. The molecule has 0 saturated heterocycles. The molecule has 2 aromatic rings. The molecule has 0 fully saturated rings. The average molecular weight is 451 g/mol. The zero-order valence-corrected chi connectivity index (χ0v) is 16.5. The molecule has 0 radical (unpaired) electrons. The molecule has 0 aliphatic rings. The number of nitrogens with two attached hydrogens (primary N) is 1. The molecule has 0 aromatic heterocycles. The number of unbranched alkanes of at least 4 members (excludes halogenated alkanes) is 2. The molecule has 2 rings (SSSR count). The fourth-order valence-electron chi connectivity index (χ4n) is 2.83. The Morgan fingerprint density at radius 1 is 1.00 bits per heavy atom. The molecule has 172 valence electrons. The van der Waals surface area contributed by atoms with Crippen LogP contribution in [0.25, 0.3) is 0 Å². The van der Waals surface area contributed by atoms with Crippen LogP contribution in [0, 0.1) is 17.5 Å². The van der Waals surface area contributed by atoms with E-state index in [9.17, 15) is 26.3 Å². The van der Waals surface area contributed by atoms with Crippen LogP contribution in [0.3, 0.4) is 0 Å². The Labute approximate surface area is 175 Å². The Balaban J connectivity index is 2.08. The van der Waals surface area contributed by atoms with Gasteiger partial charge in [0.1, 0.15) is 17.2 Å². The lowest BCUT2D eigenvalue weighted by Crippen LogP contribution is -2.33. The second kappa shape index (κ2) is 11.2. The van der Waals surface area contributed by atoms with Crippen LogP contribution in [0.15, 0.2) is 30.3 Å². The molecule has 2 aromatic carbocycles. The third-order valence-corrected chi connectivity index (χ3v) is 4.35. The summed E-state index contributed by atoms with van der Waals surface area (Å²) in [6, 6.07) is 5.95. The molecule has 31 heavy (non-hydrogen) atoms. The van der Waals surface area contributed by atoms with E-state index in [2.05, 4.69) is 5.32 Å². The van der Waals surface area contributed by atoms with Gasteiger partial charge in [-0.2, -0.15) is 18.3 Å². The van der Waals surface area contributed by atoms with Gasteiger partial charge in [-0.1, -0.05) is 12.5 Å². The van der Waals surface area contributed by atoms with E-state index in [1.165, 1.54) is 18.2 Å². The van der Waals surface area contributed by atoms with Crippen LogP contribution in [0.2, 0.25) is 0 Å². The average Bonchev–Trinajstić information content (AvgIpc) is 2.70. The van der Waals surface area contributed by atoms with Gasteiger partial charge in [0.2, 0.25) is 0 Å². The molecule has 4 N–H and O–H groups in total. The van der Waals surface area contributed by atoms with Gasteiger partial charge < -0.3 is 10.4 Å². The second-order valence-corrected chi connectivity index (χ2v) is 6.75. The van der Waals surface area contributed by atoms with Crippen molar-refractivity contribution in [2.75, 3.05) is 23.7 Å². The number of aliphatic hydroxyl groups is 1. The number of hydrogen-bond donors (Lipinski definition) is 3. The van der Waals surface area contributed by atoms with Crippen molar-refractivity contribution in [2.24, 2.45) is 5.84 Å². The van der Waals surface area contributed by atoms with Crippen LogP contribution >= 0.6 is 0 Å². The topological polar surface area (TPSA) is 70.8 Å². The van der Waals surface area contributed by atoms with Gasteiger partial charge in [0.15, 0.2) is 11.6 Å². The number of hydrogen-bond acceptors (Lipinski definition) is 5. The summed E-state index contributed by atoms with van der Waals surface area (Å²) in [5.41, 5.74) is -0.219. The van der Waals surface area contributed by atoms with Crippen molar-refractivity contribution in [1.82, 2.24) is 0 Å². The Morgan fingerprint density at radius 3 is 2.39 bits per heavy atom. The van der Waals surface area contributed by atoms with E-state index in [1.807, 2.05) is 0 Å². The zero-order chi connectivity index (χ0) is 23.0. The number of aryl methyl sites for hydroxylation is 1. The summed E-state index contributed by atoms with van der Waals surface area (Å²) in [5.74, 6) is 2.36. The highest BCUT2D eigenvalue weighted by Crippen LogP contribution is 2.33. The number of anilines is 3. The molecule has 0 amide bonds. The van der Waals surface area contributed by atoms with Crippen molar-refractivity contribution < 1.29 is 36.3 Å². The maximum absolute atomic E-state index is 14.5. The molecule has 0 saturated carbocycles. The summed E-state index contributed by atoms with van der Waals surface area (Å²) in [5, 5.41) is 11.9. The lowest BCUT2D eigenvalue weighted by atomic mass is 10.1. The Bertz CT molecular complexity index is 864. The first-order chi connectivity index (χ1) is 14.6. The van der Waals surface area contributed by atoms with Gasteiger partial charge in [-0.15, -0.1) is 0 Å². The molecule has 5 nitrogen and oxygen atoms in total. The van der Waals surface area contributed by atoms with E-state index in [0.717, 1.165) is 12.1 Å². The molecule has 0 spiro atoms. The quantitative estimate of drug-likeness (QED) is 0.192. The summed E-state index contributed by atoms with van der Waals surface area (Å²) >= 11 is 0. The first kappa shape index (κ1) is 24.8. The third-order valence-electron chi connectivity index (χ3n) is 4.35. The molecule has 0 bridgehead atoms. The predicted octanol–water partition coefficient (Wildman–Crippen LogP) is 5.12. The van der Waals surface area contributed by atoms with E-state index < -0.39 is 35.7 Å². The maximum Gasteiger partial charge on any atom is 0.389 e. The lowest BCUT2D eigenvalue weighted by molar-refractivity contribution is -0.135. The Kier molecular flexibility index (Phi) is 8.96. The summed E-state index contributed by atoms with van der Waals surface area (Å²) in [6.45, 7) is -0.576. The van der Waals surface area contributed by atoms with Crippen LogP contribution < -0.4 is 16.3 Å². The highest BCUT2D eigenvalue weighted by Gasteiger charge is 2.25. The summed E-state index contributed by atoms with van der Waals surface area (Å²) < 4.78 is 78.9. The van der Waals surface area contributed by atoms with Crippen molar-refractivity contribution in [1.29, 1.82) is 0 Å². The highest BCUT2D eigenvalue weighted by atomic mass is 19.4. The SMILES string of the molecule is NN(OCCO)c1ccc(F)c(F)c1Nc1ccc(CCCCCC(F)(F)F)cc1F. The number of nitrogens with zero attached hydrogens (tertiary/aromatic N) is 1. The Morgan fingerprint density at radius 2 is 1.74 bits per heavy atom. The molecular formula is C20H23F6N3O2. The molecular weight excluding hydrogens is 428 g/mol. The van der Waals surface area contributed by atoms with Crippen LogP contribution in [0.5, 0.6) is 0 Å². The van der Waals surface area contributed by atoms with Crippen molar-refractivity contribution in [3.05, 3.63) is 53.3 Å². The highest BCUT2D eigenvalue weighted by molar-refractivity contribution is 5.75. The summed E-state index contributed by atoms with van der Waals surface area (Å²) in [4.78, 5) is 4.95. The van der Waals surface area contributed by atoms with Gasteiger partial charge >= 0.3 is 6.18 Å². The van der Waals surface area contributed by atoms with Crippen LogP contribution in [-0.4, -0.2) is 24.5 Å². The normalized spacial score (nSPS) is 11.6. The Hall–Kier alpha value is -2.50. The first-order valence-corrected chi connectivity index (χ1v) is 9.51. The third kappa shape index (κ3) is 7.60. The van der Waals surface area contributed by atoms with Gasteiger partial charge in [-0.25, -0.2) is 19.0 Å². The number of alkyl halides is 3. The van der Waals surface area contributed by atoms with Gasteiger partial charge in [-0.05, 0) is 49.1 Å². The molecule has 0 atom stereocenters. The summed E-state index contributed by atoms with van der Waals surface area (Å²) in [6.07, 6.45) is -3.87. The van der Waals surface area contributed by atoms with Gasteiger partial charge in [0.25, 0.3) is 0 Å². The van der Waals surface area contributed by atoms with Gasteiger partial charge in [0, 0.05) is 6.42 Å². The van der Waals surface area contributed by atoms with Gasteiger partial charge in [0.05, 0.1) is 18.9 Å². The number of hydrazine groups is 1. The van der Waals surface area contributed by atoms with Crippen molar-refractivity contribution in [3.8, 4) is 0 Å². The molecule has 0 aliphatic heterocycles. The van der Waals surface area contributed by atoms with E-state index in [4.69, 9.17) is 15.8 Å².